The molecule has 2 aromatic heterocycles. The summed E-state index contributed by atoms with van der Waals surface area (Å²) in [5.74, 6) is -0.477. The Labute approximate surface area is 211 Å². The van der Waals surface area contributed by atoms with E-state index in [1.807, 2.05) is 6.07 Å². The van der Waals surface area contributed by atoms with Crippen molar-refractivity contribution in [2.75, 3.05) is 23.5 Å². The molecular formula is C23H31N3O6S2Si. The van der Waals surface area contributed by atoms with Gasteiger partial charge in [-0.1, -0.05) is 43.0 Å². The zero-order valence-electron chi connectivity index (χ0n) is 20.9. The van der Waals surface area contributed by atoms with Gasteiger partial charge in [0.15, 0.2) is 10.5 Å². The third-order valence-corrected chi connectivity index (χ3v) is 12.3. The predicted octanol–water partition coefficient (Wildman–Crippen LogP) is 4.31. The average Bonchev–Trinajstić information content (AvgIpc) is 3.40. The molecule has 1 amide bonds. The molecule has 1 unspecified atom stereocenters. The van der Waals surface area contributed by atoms with Crippen molar-refractivity contribution >= 4 is 51.4 Å². The molecule has 1 N–H and O–H groups in total. The molecule has 1 atom stereocenters. The lowest BCUT2D eigenvalue weighted by Gasteiger charge is -2.23. The summed E-state index contributed by atoms with van der Waals surface area (Å²) in [6.45, 7) is 11.0. The monoisotopic (exact) mass is 537 g/mol. The number of nitrogens with one attached hydrogen (secondary N) is 1. The smallest absolute Gasteiger partial charge is 0.278 e. The van der Waals surface area contributed by atoms with Crippen molar-refractivity contribution in [2.24, 2.45) is 0 Å². The van der Waals surface area contributed by atoms with Gasteiger partial charge in [-0.05, 0) is 43.5 Å². The Bertz CT molecular complexity index is 1280. The Kier molecular flexibility index (Phi) is 8.22. The highest BCUT2D eigenvalue weighted by atomic mass is 32.2. The molecule has 0 aliphatic heterocycles. The van der Waals surface area contributed by atoms with Crippen LogP contribution in [0.15, 0.2) is 45.1 Å². The van der Waals surface area contributed by atoms with Crippen LogP contribution in [0.2, 0.25) is 19.6 Å². The summed E-state index contributed by atoms with van der Waals surface area (Å²) in [5.41, 5.74) is 1.75. The topological polar surface area (TPSA) is 111 Å². The minimum atomic E-state index is -4.28. The number of aromatic nitrogens is 1. The molecule has 0 aliphatic rings. The lowest BCUT2D eigenvalue weighted by atomic mass is 10.3. The highest BCUT2D eigenvalue weighted by molar-refractivity contribution is 7.95. The summed E-state index contributed by atoms with van der Waals surface area (Å²) in [7, 11) is -4.77. The van der Waals surface area contributed by atoms with Crippen molar-refractivity contribution < 1.29 is 27.2 Å². The number of carbonyl (C=O) groups is 1. The van der Waals surface area contributed by atoms with E-state index in [1.54, 1.807) is 51.1 Å². The fourth-order valence-corrected chi connectivity index (χ4v) is 8.17. The van der Waals surface area contributed by atoms with Gasteiger partial charge in [0.25, 0.3) is 15.9 Å². The first-order valence-electron chi connectivity index (χ1n) is 11.0. The van der Waals surface area contributed by atoms with Crippen molar-refractivity contribution in [3.8, 4) is 0 Å². The number of thiophene rings is 1. The van der Waals surface area contributed by atoms with Crippen LogP contribution in [-0.2, 0) is 19.5 Å². The number of amides is 1. The molecule has 9 nitrogen and oxygen atoms in total. The van der Waals surface area contributed by atoms with Crippen molar-refractivity contribution in [1.82, 2.24) is 5.16 Å². The van der Waals surface area contributed by atoms with Crippen molar-refractivity contribution in [2.45, 2.75) is 50.9 Å². The number of hydrogen-bond donors (Lipinski definition) is 1. The van der Waals surface area contributed by atoms with Gasteiger partial charge in [-0.15, -0.1) is 11.3 Å². The minimum Gasteiger partial charge on any atom is -0.356 e. The van der Waals surface area contributed by atoms with Crippen molar-refractivity contribution in [3.05, 3.63) is 53.2 Å². The summed E-state index contributed by atoms with van der Waals surface area (Å²) >= 11 is 1.11. The maximum absolute atomic E-state index is 14.1. The molecule has 0 bridgehead atoms. The first-order valence-corrected chi connectivity index (χ1v) is 16.7. The zero-order valence-corrected chi connectivity index (χ0v) is 23.5. The Morgan fingerprint density at radius 2 is 1.89 bits per heavy atom. The number of aryl methyl sites for hydroxylation is 1. The van der Waals surface area contributed by atoms with Gasteiger partial charge < -0.3 is 19.3 Å². The fraction of sp³-hybridized carbons (Fsp3) is 0.391. The number of hydrogen-bond acceptors (Lipinski definition) is 8. The maximum atomic E-state index is 14.1. The lowest BCUT2D eigenvalue weighted by molar-refractivity contribution is -0.108. The largest absolute Gasteiger partial charge is 0.356 e. The summed E-state index contributed by atoms with van der Waals surface area (Å²) in [6, 6.07) is 10.6. The number of nitrogens with zero attached hydrogens (tertiary/aromatic N) is 2. The summed E-state index contributed by atoms with van der Waals surface area (Å²) in [4.78, 5) is 13.3. The van der Waals surface area contributed by atoms with E-state index in [0.29, 0.717) is 16.9 Å². The molecule has 3 aromatic rings. The molecule has 0 aliphatic carbocycles. The normalized spacial score (nSPS) is 13.0. The van der Waals surface area contributed by atoms with Crippen LogP contribution >= 0.6 is 11.3 Å². The van der Waals surface area contributed by atoms with Gasteiger partial charge in [-0.25, -0.2) is 4.31 Å². The highest BCUT2D eigenvalue weighted by Crippen LogP contribution is 2.33. The number of anilines is 2. The van der Waals surface area contributed by atoms with E-state index in [-0.39, 0.29) is 22.4 Å². The number of rotatable bonds is 10. The second-order valence-electron chi connectivity index (χ2n) is 9.03. The predicted molar refractivity (Wildman–Crippen MR) is 140 cm³/mol. The molecule has 3 rings (SSSR count). The van der Waals surface area contributed by atoms with Crippen LogP contribution in [0.4, 0.5) is 11.6 Å². The molecule has 1 aromatic carbocycles. The molecular weight excluding hydrogens is 506 g/mol. The zero-order chi connectivity index (χ0) is 26.0. The minimum absolute atomic E-state index is 0.0307. The number of para-hydroxylation sites is 1. The number of methoxy groups -OCH3 is 1. The van der Waals surface area contributed by atoms with Gasteiger partial charge in [0.05, 0.1) is 19.3 Å². The van der Waals surface area contributed by atoms with Crippen molar-refractivity contribution in [3.63, 3.8) is 0 Å². The van der Waals surface area contributed by atoms with Gasteiger partial charge in [0.1, 0.15) is 6.73 Å². The average molecular weight is 538 g/mol. The van der Waals surface area contributed by atoms with Gasteiger partial charge in [0, 0.05) is 18.4 Å². The van der Waals surface area contributed by atoms with Gasteiger partial charge in [-0.2, -0.15) is 8.42 Å². The van der Waals surface area contributed by atoms with Crippen LogP contribution in [-0.4, -0.2) is 47.7 Å². The third kappa shape index (κ3) is 6.01. The molecule has 2 heterocycles. The fourth-order valence-electron chi connectivity index (χ4n) is 3.03. The Hall–Kier alpha value is -2.51. The van der Waals surface area contributed by atoms with E-state index in [0.717, 1.165) is 20.1 Å². The van der Waals surface area contributed by atoms with Crippen LogP contribution in [0.3, 0.4) is 0 Å². The third-order valence-electron chi connectivity index (χ3n) is 5.36. The Balaban J connectivity index is 2.13. The van der Waals surface area contributed by atoms with E-state index >= 15 is 0 Å². The second-order valence-corrected chi connectivity index (χ2v) is 17.5. The summed E-state index contributed by atoms with van der Waals surface area (Å²) in [5, 5.41) is 6.71. The van der Waals surface area contributed by atoms with E-state index in [4.69, 9.17) is 14.0 Å². The molecule has 35 heavy (non-hydrogen) atoms. The van der Waals surface area contributed by atoms with E-state index in [2.05, 4.69) is 30.1 Å². The van der Waals surface area contributed by atoms with Crippen molar-refractivity contribution in [1.29, 1.82) is 0 Å². The van der Waals surface area contributed by atoms with Crippen LogP contribution in [0.5, 0.6) is 0 Å². The quantitative estimate of drug-likeness (QED) is 0.303. The SMILES string of the molecule is COC(C)OCN(c1onc(C)c1C)S(=O)(=O)c1sc([Si](C)(C)C)cc1C(=O)Nc1ccccc1. The van der Waals surface area contributed by atoms with Crippen LogP contribution in [0.1, 0.15) is 28.5 Å². The van der Waals surface area contributed by atoms with Crippen LogP contribution in [0, 0.1) is 13.8 Å². The molecule has 0 fully saturated rings. The number of ether oxygens (including phenoxy) is 2. The molecule has 12 heteroatoms. The first kappa shape index (κ1) is 27.1. The number of sulfonamides is 1. The van der Waals surface area contributed by atoms with E-state index in [9.17, 15) is 13.2 Å². The second kappa shape index (κ2) is 10.6. The van der Waals surface area contributed by atoms with E-state index < -0.39 is 30.3 Å². The van der Waals surface area contributed by atoms with Gasteiger partial charge in [0.2, 0.25) is 5.88 Å². The number of carbonyl (C=O) groups excluding carboxylic acids is 1. The molecule has 190 valence electrons. The van der Waals surface area contributed by atoms with Crippen LogP contribution in [0.25, 0.3) is 0 Å². The first-order chi connectivity index (χ1) is 16.4. The van der Waals surface area contributed by atoms with Crippen LogP contribution < -0.4 is 14.1 Å². The summed E-state index contributed by atoms with van der Waals surface area (Å²) in [6.07, 6.45) is -0.668. The van der Waals surface area contributed by atoms with E-state index in [1.165, 1.54) is 7.11 Å². The van der Waals surface area contributed by atoms with Gasteiger partial charge in [-0.3, -0.25) is 4.79 Å². The highest BCUT2D eigenvalue weighted by Gasteiger charge is 2.37. The molecule has 0 spiro atoms. The molecule has 0 saturated carbocycles. The Morgan fingerprint density at radius 1 is 1.23 bits per heavy atom. The van der Waals surface area contributed by atoms with Gasteiger partial charge >= 0.3 is 0 Å². The summed E-state index contributed by atoms with van der Waals surface area (Å²) < 4.78 is 46.1. The molecule has 0 saturated heterocycles. The standard InChI is InChI=1S/C23H31N3O6S2Si/c1-15-16(2)25-32-22(15)26(14-31-17(3)30-4)34(28,29)23-19(13-20(33-23)35(5,6)7)21(27)24-18-11-9-8-10-12-18/h8-13,17H,14H2,1-7H3,(H,24,27). The molecule has 0 radical (unpaired) electrons. The lowest BCUT2D eigenvalue weighted by Crippen LogP contribution is -2.36. The Morgan fingerprint density at radius 3 is 2.43 bits per heavy atom. The number of benzene rings is 1. The maximum Gasteiger partial charge on any atom is 0.278 e.